The fourth-order valence-corrected chi connectivity index (χ4v) is 3.75. The van der Waals surface area contributed by atoms with E-state index in [1.807, 2.05) is 54.8 Å². The maximum absolute atomic E-state index is 12.5. The van der Waals surface area contributed by atoms with Gasteiger partial charge in [0.2, 0.25) is 5.91 Å². The Morgan fingerprint density at radius 1 is 1.26 bits per heavy atom. The first-order chi connectivity index (χ1) is 15.1. The van der Waals surface area contributed by atoms with Gasteiger partial charge in [-0.3, -0.25) is 4.79 Å². The van der Waals surface area contributed by atoms with Crippen molar-refractivity contribution in [3.63, 3.8) is 0 Å². The van der Waals surface area contributed by atoms with Crippen LogP contribution in [0, 0.1) is 6.92 Å². The third-order valence-corrected chi connectivity index (χ3v) is 5.56. The first kappa shape index (κ1) is 21.0. The van der Waals surface area contributed by atoms with Gasteiger partial charge < -0.3 is 10.1 Å². The normalized spacial score (nSPS) is 11.0. The summed E-state index contributed by atoms with van der Waals surface area (Å²) in [7, 11) is 0. The number of thiazole rings is 1. The van der Waals surface area contributed by atoms with Crippen molar-refractivity contribution in [3.8, 4) is 11.4 Å². The van der Waals surface area contributed by atoms with Crippen molar-refractivity contribution in [2.24, 2.45) is 0 Å². The molecule has 4 aromatic rings. The van der Waals surface area contributed by atoms with Crippen molar-refractivity contribution < 1.29 is 9.53 Å². The van der Waals surface area contributed by atoms with Crippen LogP contribution in [0.3, 0.4) is 0 Å². The van der Waals surface area contributed by atoms with Crippen LogP contribution in [0.5, 0.6) is 5.75 Å². The first-order valence-electron chi connectivity index (χ1n) is 9.34. The second kappa shape index (κ2) is 9.67. The molecule has 0 aliphatic rings. The molecule has 7 nitrogen and oxygen atoms in total. The standard InChI is InChI=1S/C22H18BrN5O2S/c1-15-26-18(12-31-15)11-30-19-6-2-16(3-7-19)4-9-22(29)27-20-10-17(23)5-8-21(20)28-14-24-13-25-28/h2-10,12-14H,11H2,1H3,(H,27,29). The number of halogens is 1. The topological polar surface area (TPSA) is 81.9 Å². The van der Waals surface area contributed by atoms with Crippen molar-refractivity contribution >= 4 is 44.9 Å². The van der Waals surface area contributed by atoms with Crippen LogP contribution < -0.4 is 10.1 Å². The number of carbonyl (C=O) groups excluding carboxylic acids is 1. The molecule has 1 amide bonds. The smallest absolute Gasteiger partial charge is 0.248 e. The lowest BCUT2D eigenvalue weighted by atomic mass is 10.2. The second-order valence-electron chi connectivity index (χ2n) is 6.54. The molecular weight excluding hydrogens is 478 g/mol. The van der Waals surface area contributed by atoms with Gasteiger partial charge in [0.25, 0.3) is 0 Å². The van der Waals surface area contributed by atoms with Crippen LogP contribution in [0.15, 0.2) is 71.0 Å². The Labute approximate surface area is 191 Å². The largest absolute Gasteiger partial charge is 0.487 e. The zero-order chi connectivity index (χ0) is 21.6. The van der Waals surface area contributed by atoms with Gasteiger partial charge in [-0.25, -0.2) is 14.6 Å². The summed E-state index contributed by atoms with van der Waals surface area (Å²) in [6.45, 7) is 2.40. The van der Waals surface area contributed by atoms with E-state index in [9.17, 15) is 4.79 Å². The lowest BCUT2D eigenvalue weighted by Gasteiger charge is -2.10. The van der Waals surface area contributed by atoms with E-state index < -0.39 is 0 Å². The molecular formula is C22H18BrN5O2S. The van der Waals surface area contributed by atoms with E-state index in [0.29, 0.717) is 12.3 Å². The summed E-state index contributed by atoms with van der Waals surface area (Å²) >= 11 is 5.03. The van der Waals surface area contributed by atoms with Crippen LogP contribution in [0.1, 0.15) is 16.3 Å². The average Bonchev–Trinajstić information content (AvgIpc) is 3.44. The Morgan fingerprint density at radius 2 is 2.10 bits per heavy atom. The van der Waals surface area contributed by atoms with E-state index in [2.05, 4.69) is 36.3 Å². The van der Waals surface area contributed by atoms with E-state index in [1.54, 1.807) is 28.4 Å². The molecule has 0 spiro atoms. The third kappa shape index (κ3) is 5.65. The number of benzene rings is 2. The number of rotatable bonds is 7. The molecule has 0 radical (unpaired) electrons. The lowest BCUT2D eigenvalue weighted by molar-refractivity contribution is -0.111. The molecule has 9 heteroatoms. The van der Waals surface area contributed by atoms with E-state index in [0.717, 1.165) is 32.2 Å². The van der Waals surface area contributed by atoms with Crippen LogP contribution >= 0.6 is 27.3 Å². The number of anilines is 1. The van der Waals surface area contributed by atoms with E-state index in [1.165, 1.54) is 12.4 Å². The van der Waals surface area contributed by atoms with Crippen LogP contribution in [0.4, 0.5) is 5.69 Å². The van der Waals surface area contributed by atoms with Crippen LogP contribution in [0.25, 0.3) is 11.8 Å². The Bertz CT molecular complexity index is 1200. The zero-order valence-electron chi connectivity index (χ0n) is 16.5. The number of aryl methyl sites for hydroxylation is 1. The summed E-state index contributed by atoms with van der Waals surface area (Å²) in [6.07, 6.45) is 6.25. The summed E-state index contributed by atoms with van der Waals surface area (Å²) in [5, 5.41) is 10.0. The Balaban J connectivity index is 1.38. The van der Waals surface area contributed by atoms with Gasteiger partial charge in [0.05, 0.1) is 22.1 Å². The van der Waals surface area contributed by atoms with Crippen molar-refractivity contribution in [1.29, 1.82) is 0 Å². The minimum absolute atomic E-state index is 0.251. The number of nitrogens with zero attached hydrogens (tertiary/aromatic N) is 4. The molecule has 2 aromatic carbocycles. The van der Waals surface area contributed by atoms with Crippen molar-refractivity contribution in [3.05, 3.63) is 87.3 Å². The molecule has 0 aliphatic carbocycles. The van der Waals surface area contributed by atoms with Gasteiger partial charge in [-0.1, -0.05) is 28.1 Å². The van der Waals surface area contributed by atoms with Gasteiger partial charge in [0.1, 0.15) is 25.0 Å². The summed E-state index contributed by atoms with van der Waals surface area (Å²) < 4.78 is 8.19. The number of carbonyl (C=O) groups is 1. The van der Waals surface area contributed by atoms with Gasteiger partial charge in [-0.05, 0) is 48.9 Å². The molecule has 156 valence electrons. The number of hydrogen-bond acceptors (Lipinski definition) is 6. The van der Waals surface area contributed by atoms with Crippen molar-refractivity contribution in [2.75, 3.05) is 5.32 Å². The van der Waals surface area contributed by atoms with Crippen molar-refractivity contribution in [1.82, 2.24) is 19.7 Å². The van der Waals surface area contributed by atoms with Crippen LogP contribution in [-0.4, -0.2) is 25.7 Å². The summed E-state index contributed by atoms with van der Waals surface area (Å²) in [6, 6.07) is 13.1. The summed E-state index contributed by atoms with van der Waals surface area (Å²) in [4.78, 5) is 20.8. The molecule has 1 N–H and O–H groups in total. The SMILES string of the molecule is Cc1nc(COc2ccc(C=CC(=O)Nc3cc(Br)ccc3-n3cncn3)cc2)cs1. The summed E-state index contributed by atoms with van der Waals surface area (Å²) in [5.74, 6) is 0.498. The minimum atomic E-state index is -0.251. The van der Waals surface area contributed by atoms with E-state index in [-0.39, 0.29) is 5.91 Å². The lowest BCUT2D eigenvalue weighted by Crippen LogP contribution is -2.11. The van der Waals surface area contributed by atoms with E-state index >= 15 is 0 Å². The highest BCUT2D eigenvalue weighted by molar-refractivity contribution is 9.10. The zero-order valence-corrected chi connectivity index (χ0v) is 18.9. The van der Waals surface area contributed by atoms with Gasteiger partial charge in [0.15, 0.2) is 0 Å². The minimum Gasteiger partial charge on any atom is -0.487 e. The van der Waals surface area contributed by atoms with Gasteiger partial charge >= 0.3 is 0 Å². The average molecular weight is 496 g/mol. The first-order valence-corrected chi connectivity index (χ1v) is 11.0. The predicted octanol–water partition coefficient (Wildman–Crippen LogP) is 5.03. The predicted molar refractivity (Wildman–Crippen MR) is 124 cm³/mol. The Hall–Kier alpha value is -3.30. The molecule has 0 saturated carbocycles. The third-order valence-electron chi connectivity index (χ3n) is 4.24. The quantitative estimate of drug-likeness (QED) is 0.363. The maximum Gasteiger partial charge on any atom is 0.248 e. The van der Waals surface area contributed by atoms with Crippen molar-refractivity contribution in [2.45, 2.75) is 13.5 Å². The molecule has 31 heavy (non-hydrogen) atoms. The molecule has 0 atom stereocenters. The fourth-order valence-electron chi connectivity index (χ4n) is 2.79. The summed E-state index contributed by atoms with van der Waals surface area (Å²) in [5.41, 5.74) is 3.15. The number of ether oxygens (including phenoxy) is 1. The second-order valence-corrected chi connectivity index (χ2v) is 8.52. The Morgan fingerprint density at radius 3 is 2.81 bits per heavy atom. The highest BCUT2D eigenvalue weighted by Gasteiger charge is 2.08. The Kier molecular flexibility index (Phi) is 6.54. The molecule has 4 rings (SSSR count). The molecule has 2 aromatic heterocycles. The van der Waals surface area contributed by atoms with Gasteiger partial charge in [0, 0.05) is 15.9 Å². The molecule has 0 saturated heterocycles. The molecule has 0 fully saturated rings. The maximum atomic E-state index is 12.5. The monoisotopic (exact) mass is 495 g/mol. The number of nitrogens with one attached hydrogen (secondary N) is 1. The van der Waals surface area contributed by atoms with Crippen LogP contribution in [-0.2, 0) is 11.4 Å². The number of hydrogen-bond donors (Lipinski definition) is 1. The number of aromatic nitrogens is 4. The van der Waals surface area contributed by atoms with E-state index in [4.69, 9.17) is 4.74 Å². The molecule has 0 bridgehead atoms. The highest BCUT2D eigenvalue weighted by atomic mass is 79.9. The molecule has 2 heterocycles. The fraction of sp³-hybridized carbons (Fsp3) is 0.0909. The highest BCUT2D eigenvalue weighted by Crippen LogP contribution is 2.24. The van der Waals surface area contributed by atoms with Gasteiger partial charge in [-0.15, -0.1) is 11.3 Å². The molecule has 0 aliphatic heterocycles. The van der Waals surface area contributed by atoms with Gasteiger partial charge in [-0.2, -0.15) is 5.10 Å². The number of amides is 1. The molecule has 0 unspecified atom stereocenters. The van der Waals surface area contributed by atoms with Crippen LogP contribution in [0.2, 0.25) is 0 Å².